The van der Waals surface area contributed by atoms with Crippen LogP contribution in [0.4, 0.5) is 0 Å². The van der Waals surface area contributed by atoms with Crippen LogP contribution in [0.3, 0.4) is 0 Å². The summed E-state index contributed by atoms with van der Waals surface area (Å²) in [7, 11) is 0. The van der Waals surface area contributed by atoms with Crippen molar-refractivity contribution in [2.45, 2.75) is 52.1 Å². The number of carbonyl (C=O) groups excluding carboxylic acids is 3. The first-order valence-corrected chi connectivity index (χ1v) is 8.91. The number of nitrogens with one attached hydrogen (secondary N) is 1. The van der Waals surface area contributed by atoms with E-state index in [0.29, 0.717) is 0 Å². The molecule has 1 fully saturated rings. The molecule has 140 valence electrons. The lowest BCUT2D eigenvalue weighted by atomic mass is 9.97. The topological polar surface area (TPSA) is 75.7 Å². The van der Waals surface area contributed by atoms with Gasteiger partial charge in [-0.25, -0.2) is 4.79 Å². The fraction of sp³-hybridized carbons (Fsp3) is 0.450. The molecule has 0 unspecified atom stereocenters. The Kier molecular flexibility index (Phi) is 6.95. The normalized spacial score (nSPS) is 20.4. The molecule has 1 saturated heterocycles. The van der Waals surface area contributed by atoms with Gasteiger partial charge in [0.25, 0.3) is 5.91 Å². The van der Waals surface area contributed by atoms with Crippen LogP contribution in [-0.4, -0.2) is 41.4 Å². The van der Waals surface area contributed by atoms with Crippen molar-refractivity contribution in [2.75, 3.05) is 6.61 Å². The summed E-state index contributed by atoms with van der Waals surface area (Å²) in [6.07, 6.45) is 4.53. The monoisotopic (exact) mass is 358 g/mol. The zero-order chi connectivity index (χ0) is 19.1. The Morgan fingerprint density at radius 2 is 1.77 bits per heavy atom. The number of hydrogen-bond acceptors (Lipinski definition) is 4. The third-order valence-corrected chi connectivity index (χ3v) is 4.45. The average Bonchev–Trinajstić information content (AvgIpc) is 2.59. The molecule has 0 aromatic heterocycles. The minimum atomic E-state index is -0.727. The lowest BCUT2D eigenvalue weighted by Crippen LogP contribution is -2.49. The number of likely N-dealkylation sites (tertiary alicyclic amines) is 1. The van der Waals surface area contributed by atoms with Crippen LogP contribution < -0.4 is 5.32 Å². The Bertz CT molecular complexity index is 674. The van der Waals surface area contributed by atoms with E-state index in [1.54, 1.807) is 17.0 Å². The van der Waals surface area contributed by atoms with Crippen molar-refractivity contribution in [3.63, 3.8) is 0 Å². The van der Waals surface area contributed by atoms with E-state index in [1.165, 1.54) is 13.0 Å². The number of esters is 1. The predicted molar refractivity (Wildman–Crippen MR) is 98.8 cm³/mol. The van der Waals surface area contributed by atoms with E-state index in [0.717, 1.165) is 24.8 Å². The molecule has 1 aliphatic heterocycles. The Morgan fingerprint density at radius 1 is 1.15 bits per heavy atom. The van der Waals surface area contributed by atoms with Crippen molar-refractivity contribution in [1.82, 2.24) is 10.2 Å². The molecule has 1 aliphatic rings. The summed E-state index contributed by atoms with van der Waals surface area (Å²) >= 11 is 0. The maximum absolute atomic E-state index is 12.5. The van der Waals surface area contributed by atoms with Gasteiger partial charge in [0.15, 0.2) is 6.61 Å². The Morgan fingerprint density at radius 3 is 2.35 bits per heavy atom. The van der Waals surface area contributed by atoms with Crippen LogP contribution in [0.15, 0.2) is 36.0 Å². The molecule has 1 N–H and O–H groups in total. The van der Waals surface area contributed by atoms with Gasteiger partial charge in [0.2, 0.25) is 5.91 Å². The molecule has 2 amide bonds. The first-order valence-electron chi connectivity index (χ1n) is 8.91. The molecule has 1 aromatic carbocycles. The van der Waals surface area contributed by atoms with Crippen LogP contribution in [0.1, 0.15) is 45.6 Å². The second-order valence-electron chi connectivity index (χ2n) is 6.66. The van der Waals surface area contributed by atoms with E-state index in [2.05, 4.69) is 5.32 Å². The van der Waals surface area contributed by atoms with Gasteiger partial charge in [0.05, 0.1) is 0 Å². The predicted octanol–water partition coefficient (Wildman–Crippen LogP) is 2.50. The zero-order valence-electron chi connectivity index (χ0n) is 15.5. The van der Waals surface area contributed by atoms with Gasteiger partial charge in [-0.2, -0.15) is 0 Å². The molecular weight excluding hydrogens is 332 g/mol. The number of nitrogens with zero attached hydrogens (tertiary/aromatic N) is 1. The van der Waals surface area contributed by atoms with Crippen molar-refractivity contribution in [3.05, 3.63) is 41.6 Å². The second kappa shape index (κ2) is 9.17. The Hall–Kier alpha value is -2.63. The highest BCUT2D eigenvalue weighted by Crippen LogP contribution is 2.22. The zero-order valence-corrected chi connectivity index (χ0v) is 15.5. The van der Waals surface area contributed by atoms with Crippen molar-refractivity contribution < 1.29 is 19.1 Å². The first kappa shape index (κ1) is 19.7. The first-order chi connectivity index (χ1) is 12.4. The molecule has 0 radical (unpaired) electrons. The Labute approximate surface area is 154 Å². The maximum atomic E-state index is 12.5. The summed E-state index contributed by atoms with van der Waals surface area (Å²) in [5.41, 5.74) is 0.758. The molecule has 2 rings (SSSR count). The fourth-order valence-electron chi connectivity index (χ4n) is 3.24. The van der Waals surface area contributed by atoms with Crippen LogP contribution in [-0.2, 0) is 19.1 Å². The third-order valence-electron chi connectivity index (χ3n) is 4.45. The van der Waals surface area contributed by atoms with Crippen LogP contribution in [0.25, 0.3) is 6.08 Å². The van der Waals surface area contributed by atoms with Gasteiger partial charge in [0.1, 0.15) is 5.70 Å². The molecule has 1 heterocycles. The highest BCUT2D eigenvalue weighted by atomic mass is 16.5. The molecule has 6 nitrogen and oxygen atoms in total. The summed E-state index contributed by atoms with van der Waals surface area (Å²) in [4.78, 5) is 38.0. The van der Waals surface area contributed by atoms with Crippen molar-refractivity contribution >= 4 is 23.9 Å². The van der Waals surface area contributed by atoms with Gasteiger partial charge >= 0.3 is 5.97 Å². The van der Waals surface area contributed by atoms with E-state index in [9.17, 15) is 14.4 Å². The SMILES string of the molecule is CC(=O)N/C(=C\c1ccccc1)C(=O)OCC(=O)N1[C@@H](C)CCC[C@@H]1C. The van der Waals surface area contributed by atoms with Crippen LogP contribution in [0, 0.1) is 0 Å². The smallest absolute Gasteiger partial charge is 0.355 e. The Balaban J connectivity index is 2.03. The highest BCUT2D eigenvalue weighted by Gasteiger charge is 2.29. The number of piperidine rings is 1. The quantitative estimate of drug-likeness (QED) is 0.648. The molecular formula is C20H26N2O4. The number of carbonyl (C=O) groups is 3. The summed E-state index contributed by atoms with van der Waals surface area (Å²) < 4.78 is 5.18. The third kappa shape index (κ3) is 5.44. The number of amides is 2. The second-order valence-corrected chi connectivity index (χ2v) is 6.66. The summed E-state index contributed by atoms with van der Waals surface area (Å²) in [6.45, 7) is 4.99. The number of ether oxygens (including phenoxy) is 1. The van der Waals surface area contributed by atoms with E-state index < -0.39 is 5.97 Å². The highest BCUT2D eigenvalue weighted by molar-refractivity contribution is 5.98. The van der Waals surface area contributed by atoms with Gasteiger partial charge in [-0.05, 0) is 44.7 Å². The van der Waals surface area contributed by atoms with Crippen molar-refractivity contribution in [2.24, 2.45) is 0 Å². The minimum absolute atomic E-state index is 0.0104. The van der Waals surface area contributed by atoms with E-state index >= 15 is 0 Å². The number of rotatable bonds is 5. The van der Waals surface area contributed by atoms with Crippen LogP contribution in [0.5, 0.6) is 0 Å². The lowest BCUT2D eigenvalue weighted by Gasteiger charge is -2.38. The lowest BCUT2D eigenvalue weighted by molar-refractivity contribution is -0.152. The van der Waals surface area contributed by atoms with Gasteiger partial charge in [-0.1, -0.05) is 30.3 Å². The van der Waals surface area contributed by atoms with Crippen molar-refractivity contribution in [1.29, 1.82) is 0 Å². The van der Waals surface area contributed by atoms with E-state index in [4.69, 9.17) is 4.74 Å². The van der Waals surface area contributed by atoms with Gasteiger partial charge < -0.3 is 15.0 Å². The standard InChI is InChI=1S/C20H26N2O4/c1-14-8-7-9-15(2)22(14)19(24)13-26-20(25)18(21-16(3)23)12-17-10-5-4-6-11-17/h4-6,10-12,14-15H,7-9,13H2,1-3H3,(H,21,23)/b18-12-/t14-,15-/m0/s1. The van der Waals surface area contributed by atoms with Crippen molar-refractivity contribution in [3.8, 4) is 0 Å². The molecule has 2 atom stereocenters. The molecule has 0 spiro atoms. The fourth-order valence-corrected chi connectivity index (χ4v) is 3.24. The molecule has 26 heavy (non-hydrogen) atoms. The minimum Gasteiger partial charge on any atom is -0.451 e. The van der Waals surface area contributed by atoms with E-state index in [-0.39, 0.29) is 36.2 Å². The van der Waals surface area contributed by atoms with Gasteiger partial charge in [0, 0.05) is 19.0 Å². The largest absolute Gasteiger partial charge is 0.451 e. The van der Waals surface area contributed by atoms with Crippen LogP contribution >= 0.6 is 0 Å². The molecule has 0 saturated carbocycles. The summed E-state index contributed by atoms with van der Waals surface area (Å²) in [5.74, 6) is -1.32. The van der Waals surface area contributed by atoms with E-state index in [1.807, 2.05) is 32.0 Å². The molecule has 1 aromatic rings. The maximum Gasteiger partial charge on any atom is 0.355 e. The number of hydrogen-bond donors (Lipinski definition) is 1. The molecule has 6 heteroatoms. The average molecular weight is 358 g/mol. The summed E-state index contributed by atoms with van der Waals surface area (Å²) in [6, 6.07) is 9.39. The molecule has 0 aliphatic carbocycles. The molecule has 0 bridgehead atoms. The number of benzene rings is 1. The summed E-state index contributed by atoms with van der Waals surface area (Å²) in [5, 5.41) is 2.47. The van der Waals surface area contributed by atoms with Gasteiger partial charge in [-0.3, -0.25) is 9.59 Å². The van der Waals surface area contributed by atoms with Gasteiger partial charge in [-0.15, -0.1) is 0 Å². The van der Waals surface area contributed by atoms with Crippen LogP contribution in [0.2, 0.25) is 0 Å².